The molecule has 1 aliphatic heterocycles. The van der Waals surface area contributed by atoms with E-state index in [1.807, 2.05) is 39.0 Å². The Morgan fingerprint density at radius 2 is 1.96 bits per heavy atom. The van der Waals surface area contributed by atoms with E-state index in [0.29, 0.717) is 5.69 Å². The Balaban J connectivity index is 1.92. The van der Waals surface area contributed by atoms with Gasteiger partial charge in [0, 0.05) is 18.8 Å². The van der Waals surface area contributed by atoms with Gasteiger partial charge in [-0.2, -0.15) is 0 Å². The third-order valence-corrected chi connectivity index (χ3v) is 4.69. The molecule has 1 aliphatic rings. The minimum absolute atomic E-state index is 0.0368. The standard InChI is InChI=1S/C17H21N3O4S/c1-10(2)12-6-4-5-11(3)14(12)19-16(23)15(22)18-7-8-20-13(21)9-25-17(20)24/h4-6,10H,7-9H2,1-3H3,(H,18,22)(H,19,23). The second-order valence-electron chi connectivity index (χ2n) is 6.00. The Morgan fingerprint density at radius 1 is 1.24 bits per heavy atom. The number of nitrogens with zero attached hydrogens (tertiary/aromatic N) is 1. The minimum atomic E-state index is -0.801. The largest absolute Gasteiger partial charge is 0.346 e. The van der Waals surface area contributed by atoms with E-state index in [-0.39, 0.29) is 35.9 Å². The summed E-state index contributed by atoms with van der Waals surface area (Å²) in [7, 11) is 0. The van der Waals surface area contributed by atoms with E-state index in [1.165, 1.54) is 0 Å². The highest BCUT2D eigenvalue weighted by molar-refractivity contribution is 8.14. The maximum absolute atomic E-state index is 12.1. The number of imide groups is 1. The average molecular weight is 363 g/mol. The maximum atomic E-state index is 12.1. The second kappa shape index (κ2) is 8.15. The van der Waals surface area contributed by atoms with Crippen LogP contribution in [0.2, 0.25) is 0 Å². The molecule has 4 amide bonds. The minimum Gasteiger partial charge on any atom is -0.346 e. The predicted octanol–water partition coefficient (Wildman–Crippen LogP) is 1.87. The highest BCUT2D eigenvalue weighted by Gasteiger charge is 2.29. The number of amides is 4. The van der Waals surface area contributed by atoms with Crippen LogP contribution in [0.25, 0.3) is 0 Å². The Kier molecular flexibility index (Phi) is 6.19. The van der Waals surface area contributed by atoms with Crippen LogP contribution in [0.1, 0.15) is 30.9 Å². The molecule has 0 atom stereocenters. The van der Waals surface area contributed by atoms with Crippen LogP contribution >= 0.6 is 11.8 Å². The Morgan fingerprint density at radius 3 is 2.56 bits per heavy atom. The molecular formula is C17H21N3O4S. The summed E-state index contributed by atoms with van der Waals surface area (Å²) in [6.45, 7) is 5.97. The molecule has 7 nitrogen and oxygen atoms in total. The van der Waals surface area contributed by atoms with E-state index in [2.05, 4.69) is 10.6 Å². The van der Waals surface area contributed by atoms with Crippen LogP contribution in [0.15, 0.2) is 18.2 Å². The summed E-state index contributed by atoms with van der Waals surface area (Å²) >= 11 is 0.932. The van der Waals surface area contributed by atoms with Crippen LogP contribution in [0.5, 0.6) is 0 Å². The monoisotopic (exact) mass is 363 g/mol. The molecule has 134 valence electrons. The van der Waals surface area contributed by atoms with Crippen LogP contribution < -0.4 is 10.6 Å². The van der Waals surface area contributed by atoms with Gasteiger partial charge in [0.1, 0.15) is 0 Å². The van der Waals surface area contributed by atoms with Crippen LogP contribution in [-0.2, 0) is 14.4 Å². The van der Waals surface area contributed by atoms with Gasteiger partial charge in [-0.15, -0.1) is 0 Å². The highest BCUT2D eigenvalue weighted by atomic mass is 32.2. The van der Waals surface area contributed by atoms with Gasteiger partial charge in [0.2, 0.25) is 5.91 Å². The van der Waals surface area contributed by atoms with Crippen molar-refractivity contribution in [3.05, 3.63) is 29.3 Å². The van der Waals surface area contributed by atoms with Crippen molar-refractivity contribution in [2.45, 2.75) is 26.7 Å². The van der Waals surface area contributed by atoms with Crippen molar-refractivity contribution in [3.63, 3.8) is 0 Å². The van der Waals surface area contributed by atoms with E-state index in [1.54, 1.807) is 0 Å². The fourth-order valence-electron chi connectivity index (χ4n) is 2.47. The molecule has 1 fully saturated rings. The summed E-state index contributed by atoms with van der Waals surface area (Å²) in [6.07, 6.45) is 0. The number of aryl methyl sites for hydroxylation is 1. The lowest BCUT2D eigenvalue weighted by Crippen LogP contribution is -2.41. The number of benzene rings is 1. The number of hydrogen-bond acceptors (Lipinski definition) is 5. The summed E-state index contributed by atoms with van der Waals surface area (Å²) < 4.78 is 0. The number of thioether (sulfide) groups is 1. The van der Waals surface area contributed by atoms with Gasteiger partial charge in [-0.1, -0.05) is 43.8 Å². The second-order valence-corrected chi connectivity index (χ2v) is 6.93. The van der Waals surface area contributed by atoms with E-state index in [9.17, 15) is 19.2 Å². The smallest absolute Gasteiger partial charge is 0.313 e. The SMILES string of the molecule is Cc1cccc(C(C)C)c1NC(=O)C(=O)NCCN1C(=O)CSC1=O. The number of anilines is 1. The average Bonchev–Trinajstić information content (AvgIpc) is 2.88. The van der Waals surface area contributed by atoms with Gasteiger partial charge in [0.25, 0.3) is 5.24 Å². The molecule has 0 aromatic heterocycles. The van der Waals surface area contributed by atoms with Crippen molar-refractivity contribution in [1.82, 2.24) is 10.2 Å². The number of rotatable bonds is 5. The lowest BCUT2D eigenvalue weighted by Gasteiger charge is -2.16. The molecule has 0 bridgehead atoms. The fourth-order valence-corrected chi connectivity index (χ4v) is 3.22. The predicted molar refractivity (Wildman–Crippen MR) is 96.5 cm³/mol. The Labute approximate surface area is 150 Å². The third-order valence-electron chi connectivity index (χ3n) is 3.83. The molecule has 0 spiro atoms. The molecule has 1 heterocycles. The van der Waals surface area contributed by atoms with Crippen LogP contribution in [0.3, 0.4) is 0 Å². The molecule has 2 N–H and O–H groups in total. The van der Waals surface area contributed by atoms with Crippen molar-refractivity contribution in [2.75, 3.05) is 24.2 Å². The Bertz CT molecular complexity index is 702. The van der Waals surface area contributed by atoms with E-state index >= 15 is 0 Å². The first-order valence-electron chi connectivity index (χ1n) is 7.97. The fraction of sp³-hybridized carbons (Fsp3) is 0.412. The molecule has 2 rings (SSSR count). The lowest BCUT2D eigenvalue weighted by molar-refractivity contribution is -0.136. The summed E-state index contributed by atoms with van der Waals surface area (Å²) in [4.78, 5) is 48.1. The first-order valence-corrected chi connectivity index (χ1v) is 8.95. The molecule has 1 aromatic carbocycles. The molecule has 0 radical (unpaired) electrons. The highest BCUT2D eigenvalue weighted by Crippen LogP contribution is 2.27. The zero-order chi connectivity index (χ0) is 18.6. The van der Waals surface area contributed by atoms with Gasteiger partial charge in [0.05, 0.1) is 5.75 Å². The summed E-state index contributed by atoms with van der Waals surface area (Å²) in [5.41, 5.74) is 2.46. The van der Waals surface area contributed by atoms with Gasteiger partial charge in [0.15, 0.2) is 0 Å². The number of hydrogen-bond donors (Lipinski definition) is 2. The topological polar surface area (TPSA) is 95.6 Å². The van der Waals surface area contributed by atoms with Gasteiger partial charge >= 0.3 is 11.8 Å². The van der Waals surface area contributed by atoms with E-state index in [0.717, 1.165) is 27.8 Å². The number of carbonyl (C=O) groups is 4. The molecular weight excluding hydrogens is 342 g/mol. The van der Waals surface area contributed by atoms with Crippen molar-refractivity contribution >= 4 is 40.4 Å². The molecule has 0 unspecified atom stereocenters. The quantitative estimate of drug-likeness (QED) is 0.779. The van der Waals surface area contributed by atoms with Gasteiger partial charge in [-0.05, 0) is 24.0 Å². The summed E-state index contributed by atoms with van der Waals surface area (Å²) in [5.74, 6) is -1.54. The van der Waals surface area contributed by atoms with E-state index < -0.39 is 11.8 Å². The normalized spacial score (nSPS) is 14.2. The molecule has 0 saturated carbocycles. The Hall–Kier alpha value is -2.35. The molecule has 8 heteroatoms. The zero-order valence-corrected chi connectivity index (χ0v) is 15.2. The van der Waals surface area contributed by atoms with E-state index in [4.69, 9.17) is 0 Å². The van der Waals surface area contributed by atoms with Crippen molar-refractivity contribution in [3.8, 4) is 0 Å². The van der Waals surface area contributed by atoms with Crippen molar-refractivity contribution in [1.29, 1.82) is 0 Å². The van der Waals surface area contributed by atoms with Crippen molar-refractivity contribution in [2.24, 2.45) is 0 Å². The first kappa shape index (κ1) is 19.0. The van der Waals surface area contributed by atoms with Gasteiger partial charge in [-0.25, -0.2) is 0 Å². The van der Waals surface area contributed by atoms with Crippen molar-refractivity contribution < 1.29 is 19.2 Å². The van der Waals surface area contributed by atoms with Gasteiger partial charge in [-0.3, -0.25) is 24.1 Å². The third kappa shape index (κ3) is 4.60. The van der Waals surface area contributed by atoms with Crippen LogP contribution in [0, 0.1) is 6.92 Å². The maximum Gasteiger partial charge on any atom is 0.313 e. The van der Waals surface area contributed by atoms with Gasteiger partial charge < -0.3 is 10.6 Å². The zero-order valence-electron chi connectivity index (χ0n) is 14.4. The first-order chi connectivity index (χ1) is 11.8. The molecule has 1 saturated heterocycles. The molecule has 1 aromatic rings. The van der Waals surface area contributed by atoms with Crippen LogP contribution in [0.4, 0.5) is 10.5 Å². The molecule has 0 aliphatic carbocycles. The number of para-hydroxylation sites is 1. The number of carbonyl (C=O) groups excluding carboxylic acids is 4. The lowest BCUT2D eigenvalue weighted by atomic mass is 9.98. The summed E-state index contributed by atoms with van der Waals surface area (Å²) in [6, 6.07) is 5.68. The summed E-state index contributed by atoms with van der Waals surface area (Å²) in [5, 5.41) is 4.76. The number of nitrogens with one attached hydrogen (secondary N) is 2. The van der Waals surface area contributed by atoms with Crippen LogP contribution in [-0.4, -0.2) is 46.7 Å². The molecule has 25 heavy (non-hydrogen) atoms.